The molecule has 0 bridgehead atoms. The molecule has 0 rings (SSSR count). The number of aliphatic hydroxyl groups is 1. The number of hydrogen-bond donors (Lipinski definition) is 3. The van der Waals surface area contributed by atoms with Crippen LogP contribution in [0.2, 0.25) is 0 Å². The predicted molar refractivity (Wildman–Crippen MR) is 52.3 cm³/mol. The average molecular weight is 219 g/mol. The molecular weight excluding hydrogens is 202 g/mol. The second kappa shape index (κ2) is 5.09. The number of aliphatic carboxylic acids is 1. The van der Waals surface area contributed by atoms with Gasteiger partial charge in [-0.2, -0.15) is 0 Å². The minimum atomic E-state index is -1.33. The number of nitrogens with one attached hydrogen (secondary N) is 1. The first-order valence-corrected chi connectivity index (χ1v) is 4.49. The van der Waals surface area contributed by atoms with Crippen LogP contribution in [0.3, 0.4) is 0 Å². The predicted octanol–water partition coefficient (Wildman–Crippen LogP) is -0.638. The van der Waals surface area contributed by atoms with E-state index < -0.39 is 29.6 Å². The molecule has 0 aromatic carbocycles. The summed E-state index contributed by atoms with van der Waals surface area (Å²) in [7, 11) is 1.34. The van der Waals surface area contributed by atoms with Crippen LogP contribution in [0.15, 0.2) is 0 Å². The minimum absolute atomic E-state index is 0.585. The molecule has 0 heterocycles. The Morgan fingerprint density at radius 1 is 1.40 bits per heavy atom. The van der Waals surface area contributed by atoms with Gasteiger partial charge in [0.15, 0.2) is 6.04 Å². The van der Waals surface area contributed by atoms with Gasteiger partial charge in [0.2, 0.25) is 0 Å². The van der Waals surface area contributed by atoms with Gasteiger partial charge in [-0.25, -0.2) is 4.79 Å². The maximum absolute atomic E-state index is 11.5. The number of rotatable bonds is 5. The van der Waals surface area contributed by atoms with E-state index in [1.807, 2.05) is 0 Å². The lowest BCUT2D eigenvalue weighted by Crippen LogP contribution is -2.54. The maximum Gasteiger partial charge on any atom is 0.328 e. The zero-order valence-electron chi connectivity index (χ0n) is 9.27. The fourth-order valence-electron chi connectivity index (χ4n) is 0.796. The van der Waals surface area contributed by atoms with E-state index in [-0.39, 0.29) is 0 Å². The van der Waals surface area contributed by atoms with Crippen LogP contribution in [0.1, 0.15) is 20.8 Å². The summed E-state index contributed by atoms with van der Waals surface area (Å²) < 4.78 is 4.87. The number of carboxylic acids is 1. The normalized spacial score (nSPS) is 15.5. The van der Waals surface area contributed by atoms with Gasteiger partial charge < -0.3 is 20.3 Å². The summed E-state index contributed by atoms with van der Waals surface area (Å²) in [5, 5.41) is 20.0. The molecule has 0 aromatic heterocycles. The van der Waals surface area contributed by atoms with Gasteiger partial charge in [0, 0.05) is 7.11 Å². The van der Waals surface area contributed by atoms with Crippen molar-refractivity contribution in [2.45, 2.75) is 38.5 Å². The van der Waals surface area contributed by atoms with E-state index in [4.69, 9.17) is 14.9 Å². The van der Waals surface area contributed by atoms with Crippen molar-refractivity contribution in [2.75, 3.05) is 7.11 Å². The van der Waals surface area contributed by atoms with Crippen LogP contribution < -0.4 is 5.32 Å². The first-order chi connectivity index (χ1) is 6.72. The molecule has 3 N–H and O–H groups in total. The Morgan fingerprint density at radius 2 is 1.87 bits per heavy atom. The Kier molecular flexibility index (Phi) is 4.70. The van der Waals surface area contributed by atoms with Gasteiger partial charge in [-0.1, -0.05) is 0 Å². The van der Waals surface area contributed by atoms with Crippen LogP contribution >= 0.6 is 0 Å². The lowest BCUT2D eigenvalue weighted by atomic mass is 10.1. The molecule has 0 radical (unpaired) electrons. The Hall–Kier alpha value is -1.14. The summed E-state index contributed by atoms with van der Waals surface area (Å²) >= 11 is 0. The van der Waals surface area contributed by atoms with E-state index in [9.17, 15) is 9.59 Å². The molecular formula is C9H17NO5. The Balaban J connectivity index is 4.57. The molecule has 0 saturated carbocycles. The molecule has 6 heteroatoms. The molecule has 2 unspecified atom stereocenters. The van der Waals surface area contributed by atoms with Crippen LogP contribution in [0.25, 0.3) is 0 Å². The van der Waals surface area contributed by atoms with Crippen molar-refractivity contribution >= 4 is 11.9 Å². The first kappa shape index (κ1) is 13.9. The molecule has 88 valence electrons. The summed E-state index contributed by atoms with van der Waals surface area (Å²) in [6.45, 7) is 4.30. The molecule has 0 aliphatic heterocycles. The zero-order chi connectivity index (χ0) is 12.2. The van der Waals surface area contributed by atoms with Crippen molar-refractivity contribution in [3.63, 3.8) is 0 Å². The average Bonchev–Trinajstić information content (AvgIpc) is 2.12. The molecule has 0 aliphatic rings. The van der Waals surface area contributed by atoms with Crippen molar-refractivity contribution in [3.05, 3.63) is 0 Å². The number of ether oxygens (including phenoxy) is 1. The van der Waals surface area contributed by atoms with Crippen molar-refractivity contribution in [1.82, 2.24) is 5.32 Å². The van der Waals surface area contributed by atoms with Gasteiger partial charge in [0.25, 0.3) is 5.91 Å². The fraction of sp³-hybridized carbons (Fsp3) is 0.778. The van der Waals surface area contributed by atoms with E-state index in [1.165, 1.54) is 27.9 Å². The van der Waals surface area contributed by atoms with E-state index >= 15 is 0 Å². The molecule has 0 spiro atoms. The minimum Gasteiger partial charge on any atom is -0.480 e. The summed E-state index contributed by atoms with van der Waals surface area (Å²) in [4.78, 5) is 22.2. The van der Waals surface area contributed by atoms with Crippen molar-refractivity contribution in [1.29, 1.82) is 0 Å². The van der Waals surface area contributed by atoms with Crippen LogP contribution in [-0.2, 0) is 14.3 Å². The number of aliphatic hydroxyl groups excluding tert-OH is 1. The van der Waals surface area contributed by atoms with Crippen LogP contribution in [0.5, 0.6) is 0 Å². The molecule has 1 amide bonds. The third kappa shape index (κ3) is 3.85. The maximum atomic E-state index is 11.5. The van der Waals surface area contributed by atoms with Crippen molar-refractivity contribution in [3.8, 4) is 0 Å². The standard InChI is InChI=1S/C9H17NO5/c1-5(11)6(7(12)13)10-8(14)9(2,3)15-4/h5-6,11H,1-4H3,(H,10,14)(H,12,13). The van der Waals surface area contributed by atoms with E-state index in [1.54, 1.807) is 0 Å². The lowest BCUT2D eigenvalue weighted by Gasteiger charge is -2.25. The lowest BCUT2D eigenvalue weighted by molar-refractivity contribution is -0.150. The topological polar surface area (TPSA) is 95.9 Å². The molecule has 0 aliphatic carbocycles. The first-order valence-electron chi connectivity index (χ1n) is 4.49. The Morgan fingerprint density at radius 3 is 2.13 bits per heavy atom. The molecule has 6 nitrogen and oxygen atoms in total. The number of carbonyl (C=O) groups excluding carboxylic acids is 1. The Bertz CT molecular complexity index is 249. The molecule has 15 heavy (non-hydrogen) atoms. The molecule has 0 fully saturated rings. The van der Waals surface area contributed by atoms with E-state index in [2.05, 4.69) is 5.32 Å². The van der Waals surface area contributed by atoms with Gasteiger partial charge in [-0.15, -0.1) is 0 Å². The third-order valence-electron chi connectivity index (χ3n) is 2.09. The van der Waals surface area contributed by atoms with Crippen LogP contribution in [0, 0.1) is 0 Å². The second-order valence-electron chi connectivity index (χ2n) is 3.74. The van der Waals surface area contributed by atoms with Gasteiger partial charge in [-0.3, -0.25) is 4.79 Å². The molecule has 0 saturated heterocycles. The Labute approximate surface area is 88.2 Å². The number of amides is 1. The smallest absolute Gasteiger partial charge is 0.328 e. The van der Waals surface area contributed by atoms with Gasteiger partial charge in [0.1, 0.15) is 5.60 Å². The monoisotopic (exact) mass is 219 g/mol. The summed E-state index contributed by atoms with van der Waals surface area (Å²) in [5.41, 5.74) is -1.12. The number of hydrogen-bond acceptors (Lipinski definition) is 4. The summed E-state index contributed by atoms with van der Waals surface area (Å²) in [6, 6.07) is -1.33. The summed E-state index contributed by atoms with van der Waals surface area (Å²) in [5.74, 6) is -1.87. The zero-order valence-corrected chi connectivity index (χ0v) is 9.27. The second-order valence-corrected chi connectivity index (χ2v) is 3.74. The van der Waals surface area contributed by atoms with Gasteiger partial charge in [0.05, 0.1) is 6.10 Å². The van der Waals surface area contributed by atoms with Crippen LogP contribution in [0.4, 0.5) is 0 Å². The third-order valence-corrected chi connectivity index (χ3v) is 2.09. The molecule has 2 atom stereocenters. The van der Waals surface area contributed by atoms with Gasteiger partial charge in [-0.05, 0) is 20.8 Å². The number of methoxy groups -OCH3 is 1. The van der Waals surface area contributed by atoms with Gasteiger partial charge >= 0.3 is 5.97 Å². The van der Waals surface area contributed by atoms with Crippen molar-refractivity contribution < 1.29 is 24.5 Å². The largest absolute Gasteiger partial charge is 0.480 e. The highest BCUT2D eigenvalue weighted by Crippen LogP contribution is 2.08. The SMILES string of the molecule is COC(C)(C)C(=O)NC(C(=O)O)C(C)O. The fourth-order valence-corrected chi connectivity index (χ4v) is 0.796. The summed E-state index contributed by atoms with van der Waals surface area (Å²) in [6.07, 6.45) is -1.17. The molecule has 0 aromatic rings. The van der Waals surface area contributed by atoms with Crippen LogP contribution in [-0.4, -0.2) is 46.9 Å². The van der Waals surface area contributed by atoms with E-state index in [0.29, 0.717) is 0 Å². The highest BCUT2D eigenvalue weighted by atomic mass is 16.5. The van der Waals surface area contributed by atoms with Crippen molar-refractivity contribution in [2.24, 2.45) is 0 Å². The highest BCUT2D eigenvalue weighted by Gasteiger charge is 2.33. The number of carboxylic acid groups (broad SMARTS) is 1. The quantitative estimate of drug-likeness (QED) is 0.571. The highest BCUT2D eigenvalue weighted by molar-refractivity contribution is 5.88. The van der Waals surface area contributed by atoms with E-state index in [0.717, 1.165) is 0 Å². The number of carbonyl (C=O) groups is 2.